The van der Waals surface area contributed by atoms with E-state index in [4.69, 9.17) is 0 Å². The van der Waals surface area contributed by atoms with Crippen molar-refractivity contribution in [3.8, 4) is 0 Å². The molecule has 2 rings (SSSR count). The van der Waals surface area contributed by atoms with Crippen LogP contribution in [-0.4, -0.2) is 9.97 Å². The number of pyridine rings is 1. The summed E-state index contributed by atoms with van der Waals surface area (Å²) >= 11 is 0. The number of nitrogens with zero attached hydrogens (tertiary/aromatic N) is 1. The summed E-state index contributed by atoms with van der Waals surface area (Å²) in [5.74, 6) is 0. The molecule has 0 fully saturated rings. The van der Waals surface area contributed by atoms with Crippen molar-refractivity contribution < 1.29 is 0 Å². The molecule has 1 N–H and O–H groups in total. The minimum Gasteiger partial charge on any atom is -0.359 e. The lowest BCUT2D eigenvalue weighted by Gasteiger charge is -1.95. The third-order valence-corrected chi connectivity index (χ3v) is 2.10. The van der Waals surface area contributed by atoms with Gasteiger partial charge in [0.1, 0.15) is 0 Å². The van der Waals surface area contributed by atoms with Crippen LogP contribution in [0, 0.1) is 6.92 Å². The number of aromatic nitrogens is 2. The molecule has 2 heteroatoms. The summed E-state index contributed by atoms with van der Waals surface area (Å²) in [6.45, 7) is 4.20. The maximum atomic E-state index is 4.32. The van der Waals surface area contributed by atoms with Gasteiger partial charge in [0.05, 0.1) is 0 Å². The molecular formula is C10H12N2. The van der Waals surface area contributed by atoms with E-state index in [1.165, 1.54) is 22.3 Å². The minimum absolute atomic E-state index is 0.995. The Kier molecular flexibility index (Phi) is 1.61. The third kappa shape index (κ3) is 0.998. The molecule has 0 aliphatic rings. The Morgan fingerprint density at radius 3 is 3.08 bits per heavy atom. The SMILES string of the molecule is CCc1nccc2[nH]c(C)cc12. The van der Waals surface area contributed by atoms with Crippen LogP contribution in [0.4, 0.5) is 0 Å². The van der Waals surface area contributed by atoms with E-state index in [2.05, 4.69) is 29.9 Å². The Labute approximate surface area is 71.6 Å². The second kappa shape index (κ2) is 2.63. The lowest BCUT2D eigenvalue weighted by molar-refractivity contribution is 1.06. The number of H-pyrrole nitrogens is 1. The van der Waals surface area contributed by atoms with Crippen molar-refractivity contribution >= 4 is 10.9 Å². The van der Waals surface area contributed by atoms with Gasteiger partial charge in [-0.25, -0.2) is 0 Å². The van der Waals surface area contributed by atoms with Gasteiger partial charge >= 0.3 is 0 Å². The zero-order valence-corrected chi connectivity index (χ0v) is 7.39. The zero-order valence-electron chi connectivity index (χ0n) is 7.39. The van der Waals surface area contributed by atoms with E-state index in [0.29, 0.717) is 0 Å². The van der Waals surface area contributed by atoms with Gasteiger partial charge in [-0.3, -0.25) is 4.98 Å². The summed E-state index contributed by atoms with van der Waals surface area (Å²) in [5.41, 5.74) is 3.57. The van der Waals surface area contributed by atoms with Gasteiger partial charge in [0.15, 0.2) is 0 Å². The first-order valence-electron chi connectivity index (χ1n) is 4.24. The highest BCUT2D eigenvalue weighted by Crippen LogP contribution is 2.17. The van der Waals surface area contributed by atoms with Crippen molar-refractivity contribution in [3.05, 3.63) is 29.7 Å². The highest BCUT2D eigenvalue weighted by atomic mass is 14.7. The Balaban J connectivity index is 2.78. The first kappa shape index (κ1) is 7.35. The number of hydrogen-bond acceptors (Lipinski definition) is 1. The molecule has 0 bridgehead atoms. The molecule has 0 aliphatic carbocycles. The predicted molar refractivity (Wildman–Crippen MR) is 50.2 cm³/mol. The molecule has 0 aliphatic heterocycles. The standard InChI is InChI=1S/C10H12N2/c1-3-9-8-6-7(2)12-10(8)4-5-11-9/h4-6,12H,3H2,1-2H3. The lowest BCUT2D eigenvalue weighted by atomic mass is 10.2. The monoisotopic (exact) mass is 160 g/mol. The van der Waals surface area contributed by atoms with Crippen molar-refractivity contribution in [2.24, 2.45) is 0 Å². The maximum Gasteiger partial charge on any atom is 0.0494 e. The first-order valence-corrected chi connectivity index (χ1v) is 4.24. The van der Waals surface area contributed by atoms with Crippen LogP contribution in [0.2, 0.25) is 0 Å². The average Bonchev–Trinajstić information content (AvgIpc) is 2.44. The molecule has 0 atom stereocenters. The van der Waals surface area contributed by atoms with Crippen molar-refractivity contribution in [1.82, 2.24) is 9.97 Å². The summed E-state index contributed by atoms with van der Waals surface area (Å²) < 4.78 is 0. The molecular weight excluding hydrogens is 148 g/mol. The van der Waals surface area contributed by atoms with Gasteiger partial charge in [-0.2, -0.15) is 0 Å². The summed E-state index contributed by atoms with van der Waals surface area (Å²) in [6.07, 6.45) is 2.85. The number of aromatic amines is 1. The molecule has 2 nitrogen and oxygen atoms in total. The Morgan fingerprint density at radius 2 is 2.33 bits per heavy atom. The molecule has 0 amide bonds. The quantitative estimate of drug-likeness (QED) is 0.682. The van der Waals surface area contributed by atoms with E-state index >= 15 is 0 Å². The molecule has 0 saturated heterocycles. The van der Waals surface area contributed by atoms with E-state index < -0.39 is 0 Å². The normalized spacial score (nSPS) is 10.8. The first-order chi connectivity index (χ1) is 5.81. The molecule has 0 spiro atoms. The molecule has 2 heterocycles. The molecule has 0 saturated carbocycles. The Hall–Kier alpha value is -1.31. The van der Waals surface area contributed by atoms with Crippen LogP contribution in [0.15, 0.2) is 18.3 Å². The van der Waals surface area contributed by atoms with Gasteiger partial charge in [-0.1, -0.05) is 6.92 Å². The van der Waals surface area contributed by atoms with Crippen LogP contribution < -0.4 is 0 Å². The Morgan fingerprint density at radius 1 is 1.50 bits per heavy atom. The van der Waals surface area contributed by atoms with E-state index in [1.54, 1.807) is 0 Å². The molecule has 12 heavy (non-hydrogen) atoms. The molecule has 2 aromatic rings. The van der Waals surface area contributed by atoms with Crippen molar-refractivity contribution in [2.75, 3.05) is 0 Å². The van der Waals surface area contributed by atoms with Crippen LogP contribution >= 0.6 is 0 Å². The lowest BCUT2D eigenvalue weighted by Crippen LogP contribution is -1.85. The van der Waals surface area contributed by atoms with Crippen LogP contribution in [-0.2, 0) is 6.42 Å². The van der Waals surface area contributed by atoms with Crippen molar-refractivity contribution in [3.63, 3.8) is 0 Å². The molecule has 0 radical (unpaired) electrons. The highest BCUT2D eigenvalue weighted by molar-refractivity contribution is 5.82. The van der Waals surface area contributed by atoms with Crippen LogP contribution in [0.25, 0.3) is 10.9 Å². The van der Waals surface area contributed by atoms with Gasteiger partial charge in [-0.15, -0.1) is 0 Å². The fourth-order valence-electron chi connectivity index (χ4n) is 1.53. The smallest absolute Gasteiger partial charge is 0.0494 e. The van der Waals surface area contributed by atoms with Crippen molar-refractivity contribution in [1.29, 1.82) is 0 Å². The maximum absolute atomic E-state index is 4.32. The average molecular weight is 160 g/mol. The summed E-state index contributed by atoms with van der Waals surface area (Å²) in [6, 6.07) is 4.17. The number of fused-ring (bicyclic) bond motifs is 1. The topological polar surface area (TPSA) is 28.7 Å². The fourth-order valence-corrected chi connectivity index (χ4v) is 1.53. The highest BCUT2D eigenvalue weighted by Gasteiger charge is 2.01. The van der Waals surface area contributed by atoms with Gasteiger partial charge in [0.25, 0.3) is 0 Å². The molecule has 0 aromatic carbocycles. The van der Waals surface area contributed by atoms with Gasteiger partial charge < -0.3 is 4.98 Å². The van der Waals surface area contributed by atoms with Gasteiger partial charge in [0.2, 0.25) is 0 Å². The number of aryl methyl sites for hydroxylation is 2. The van der Waals surface area contributed by atoms with E-state index in [1.807, 2.05) is 12.3 Å². The fraction of sp³-hybridized carbons (Fsp3) is 0.300. The summed E-state index contributed by atoms with van der Waals surface area (Å²) in [7, 11) is 0. The minimum atomic E-state index is 0.995. The third-order valence-electron chi connectivity index (χ3n) is 2.10. The molecule has 0 unspecified atom stereocenters. The van der Waals surface area contributed by atoms with Crippen LogP contribution in [0.3, 0.4) is 0 Å². The number of rotatable bonds is 1. The van der Waals surface area contributed by atoms with Gasteiger partial charge in [0, 0.05) is 28.5 Å². The Bertz CT molecular complexity index is 401. The number of nitrogens with one attached hydrogen (secondary N) is 1. The van der Waals surface area contributed by atoms with E-state index in [9.17, 15) is 0 Å². The van der Waals surface area contributed by atoms with Crippen molar-refractivity contribution in [2.45, 2.75) is 20.3 Å². The van der Waals surface area contributed by atoms with E-state index in [0.717, 1.165) is 6.42 Å². The summed E-state index contributed by atoms with van der Waals surface area (Å²) in [4.78, 5) is 7.61. The predicted octanol–water partition coefficient (Wildman–Crippen LogP) is 2.43. The molecule has 62 valence electrons. The number of hydrogen-bond donors (Lipinski definition) is 1. The van der Waals surface area contributed by atoms with Crippen LogP contribution in [0.1, 0.15) is 18.3 Å². The van der Waals surface area contributed by atoms with E-state index in [-0.39, 0.29) is 0 Å². The second-order valence-electron chi connectivity index (χ2n) is 3.02. The molecule has 2 aromatic heterocycles. The second-order valence-corrected chi connectivity index (χ2v) is 3.02. The van der Waals surface area contributed by atoms with Gasteiger partial charge in [-0.05, 0) is 25.5 Å². The zero-order chi connectivity index (χ0) is 8.55. The largest absolute Gasteiger partial charge is 0.359 e. The summed E-state index contributed by atoms with van der Waals surface area (Å²) in [5, 5.41) is 1.26. The van der Waals surface area contributed by atoms with Crippen LogP contribution in [0.5, 0.6) is 0 Å².